The number of hydrogen-bond acceptors (Lipinski definition) is 7. The van der Waals surface area contributed by atoms with E-state index < -0.39 is 0 Å². The summed E-state index contributed by atoms with van der Waals surface area (Å²) in [6.07, 6.45) is 2.20. The first-order valence-electron chi connectivity index (χ1n) is 11.7. The highest BCUT2D eigenvalue weighted by molar-refractivity contribution is 7.80. The van der Waals surface area contributed by atoms with E-state index in [2.05, 4.69) is 20.4 Å². The van der Waals surface area contributed by atoms with Crippen LogP contribution in [0.1, 0.15) is 19.8 Å². The highest BCUT2D eigenvalue weighted by Gasteiger charge is 2.33. The highest BCUT2D eigenvalue weighted by atomic mass is 32.1. The first-order chi connectivity index (χ1) is 16.5. The predicted octanol–water partition coefficient (Wildman–Crippen LogP) is 2.17. The van der Waals surface area contributed by atoms with Crippen LogP contribution in [0.25, 0.3) is 11.3 Å². The molecule has 1 aliphatic carbocycles. The van der Waals surface area contributed by atoms with E-state index in [0.29, 0.717) is 42.3 Å². The van der Waals surface area contributed by atoms with Gasteiger partial charge in [0.1, 0.15) is 0 Å². The Labute approximate surface area is 206 Å². The van der Waals surface area contributed by atoms with Crippen molar-refractivity contribution in [2.24, 2.45) is 0 Å². The molecule has 2 aliphatic rings. The molecule has 2 fully saturated rings. The maximum absolute atomic E-state index is 12.9. The van der Waals surface area contributed by atoms with Gasteiger partial charge in [-0.3, -0.25) is 4.79 Å². The average Bonchev–Trinajstić information content (AvgIpc) is 3.72. The zero-order valence-corrected chi connectivity index (χ0v) is 20.8. The van der Waals surface area contributed by atoms with E-state index in [1.54, 1.807) is 14.2 Å². The number of methoxy groups -OCH3 is 2. The lowest BCUT2D eigenvalue weighted by Gasteiger charge is -2.36. The predicted molar refractivity (Wildman–Crippen MR) is 135 cm³/mol. The Kier molecular flexibility index (Phi) is 7.66. The summed E-state index contributed by atoms with van der Waals surface area (Å²) in [5.74, 6) is 2.26. The number of ether oxygens (including phenoxy) is 2. The number of amides is 1. The van der Waals surface area contributed by atoms with Gasteiger partial charge in [0.15, 0.2) is 22.4 Å². The third-order valence-corrected chi connectivity index (χ3v) is 6.55. The quantitative estimate of drug-likeness (QED) is 0.567. The zero-order chi connectivity index (χ0) is 24.1. The molecule has 182 valence electrons. The summed E-state index contributed by atoms with van der Waals surface area (Å²) in [4.78, 5) is 19.1. The van der Waals surface area contributed by atoms with Crippen LogP contribution in [-0.2, 0) is 4.79 Å². The smallest absolute Gasteiger partial charge is 0.242 e. The topological polar surface area (TPSA) is 83.1 Å². The SMILES string of the molecule is CCNC(=S)N(CC(=O)N1CCN(c2ccc(-c3ccc(OC)c(OC)c3)nn2)CC1)C1CC1. The Morgan fingerprint density at radius 2 is 1.82 bits per heavy atom. The highest BCUT2D eigenvalue weighted by Crippen LogP contribution is 2.31. The maximum atomic E-state index is 12.9. The van der Waals surface area contributed by atoms with Gasteiger partial charge in [-0.05, 0) is 62.3 Å². The Balaban J connectivity index is 1.33. The molecule has 0 unspecified atom stereocenters. The number of hydrogen-bond donors (Lipinski definition) is 1. The molecule has 0 spiro atoms. The Hall–Kier alpha value is -3.14. The number of aromatic nitrogens is 2. The zero-order valence-electron chi connectivity index (χ0n) is 20.0. The van der Waals surface area contributed by atoms with E-state index in [-0.39, 0.29) is 5.91 Å². The molecule has 34 heavy (non-hydrogen) atoms. The van der Waals surface area contributed by atoms with E-state index in [1.165, 1.54) is 0 Å². The first-order valence-corrected chi connectivity index (χ1v) is 12.1. The molecule has 0 radical (unpaired) electrons. The molecule has 4 rings (SSSR count). The number of nitrogens with one attached hydrogen (secondary N) is 1. The molecule has 1 aromatic heterocycles. The fraction of sp³-hybridized carbons (Fsp3) is 0.500. The summed E-state index contributed by atoms with van der Waals surface area (Å²) in [6, 6.07) is 10.0. The summed E-state index contributed by atoms with van der Waals surface area (Å²) in [5.41, 5.74) is 1.66. The lowest BCUT2D eigenvalue weighted by molar-refractivity contribution is -0.132. The van der Waals surface area contributed by atoms with Crippen LogP contribution in [0.3, 0.4) is 0 Å². The minimum atomic E-state index is 0.127. The summed E-state index contributed by atoms with van der Waals surface area (Å²) < 4.78 is 10.7. The van der Waals surface area contributed by atoms with E-state index in [4.69, 9.17) is 21.7 Å². The number of benzene rings is 1. The minimum absolute atomic E-state index is 0.127. The fourth-order valence-electron chi connectivity index (χ4n) is 4.08. The van der Waals surface area contributed by atoms with Gasteiger partial charge in [-0.25, -0.2) is 0 Å². The van der Waals surface area contributed by atoms with E-state index >= 15 is 0 Å². The van der Waals surface area contributed by atoms with Gasteiger partial charge in [0.2, 0.25) is 5.91 Å². The van der Waals surface area contributed by atoms with Crippen molar-refractivity contribution in [2.45, 2.75) is 25.8 Å². The number of anilines is 1. The number of nitrogens with zero attached hydrogens (tertiary/aromatic N) is 5. The van der Waals surface area contributed by atoms with Gasteiger partial charge in [0, 0.05) is 44.3 Å². The molecular weight excluding hydrogens is 452 g/mol. The van der Waals surface area contributed by atoms with Crippen LogP contribution in [0, 0.1) is 0 Å². The molecule has 0 atom stereocenters. The van der Waals surface area contributed by atoms with Crippen LogP contribution >= 0.6 is 12.2 Å². The van der Waals surface area contributed by atoms with E-state index in [1.807, 2.05) is 47.1 Å². The third kappa shape index (κ3) is 5.49. The van der Waals surface area contributed by atoms with Crippen molar-refractivity contribution in [3.05, 3.63) is 30.3 Å². The van der Waals surface area contributed by atoms with Gasteiger partial charge in [0.25, 0.3) is 0 Å². The molecule has 1 aromatic carbocycles. The molecule has 2 aromatic rings. The number of carbonyl (C=O) groups excluding carboxylic acids is 1. The van der Waals surface area contributed by atoms with E-state index in [9.17, 15) is 4.79 Å². The summed E-state index contributed by atoms with van der Waals surface area (Å²) in [6.45, 7) is 5.88. The number of piperazine rings is 1. The Morgan fingerprint density at radius 1 is 1.09 bits per heavy atom. The molecule has 1 amide bonds. The van der Waals surface area contributed by atoms with Crippen molar-refractivity contribution < 1.29 is 14.3 Å². The van der Waals surface area contributed by atoms with Gasteiger partial charge in [-0.15, -0.1) is 10.2 Å². The molecule has 10 heteroatoms. The molecule has 0 bridgehead atoms. The molecule has 2 heterocycles. The molecule has 9 nitrogen and oxygen atoms in total. The van der Waals surface area contributed by atoms with Crippen LogP contribution in [0.4, 0.5) is 5.82 Å². The second-order valence-corrected chi connectivity index (χ2v) is 8.80. The van der Waals surface area contributed by atoms with Crippen LogP contribution in [0.5, 0.6) is 11.5 Å². The van der Waals surface area contributed by atoms with Gasteiger partial charge in [0.05, 0.1) is 26.5 Å². The number of rotatable bonds is 8. The summed E-state index contributed by atoms with van der Waals surface area (Å²) >= 11 is 5.47. The van der Waals surface area contributed by atoms with Gasteiger partial charge in [-0.1, -0.05) is 0 Å². The van der Waals surface area contributed by atoms with E-state index in [0.717, 1.165) is 49.6 Å². The van der Waals surface area contributed by atoms with Gasteiger partial charge < -0.3 is 29.5 Å². The number of carbonyl (C=O) groups is 1. The molecular formula is C24H32N6O3S. The van der Waals surface area contributed by atoms with Gasteiger partial charge >= 0.3 is 0 Å². The normalized spacial score (nSPS) is 15.6. The second kappa shape index (κ2) is 10.9. The second-order valence-electron chi connectivity index (χ2n) is 8.41. The van der Waals surface area contributed by atoms with Gasteiger partial charge in [-0.2, -0.15) is 0 Å². The Bertz CT molecular complexity index is 1010. The van der Waals surface area contributed by atoms with Crippen LogP contribution in [0.15, 0.2) is 30.3 Å². The van der Waals surface area contributed by atoms with Crippen molar-refractivity contribution in [2.75, 3.05) is 58.4 Å². The average molecular weight is 485 g/mol. The fourth-order valence-corrected chi connectivity index (χ4v) is 4.44. The third-order valence-electron chi connectivity index (χ3n) is 6.17. The largest absolute Gasteiger partial charge is 0.493 e. The first kappa shape index (κ1) is 24.0. The van der Waals surface area contributed by atoms with Crippen molar-refractivity contribution in [1.82, 2.24) is 25.3 Å². The van der Waals surface area contributed by atoms with Crippen LogP contribution in [0.2, 0.25) is 0 Å². The van der Waals surface area contributed by atoms with Crippen LogP contribution in [-0.4, -0.2) is 90.5 Å². The lowest BCUT2D eigenvalue weighted by Crippen LogP contribution is -2.53. The van der Waals surface area contributed by atoms with Crippen molar-refractivity contribution in [3.8, 4) is 22.8 Å². The lowest BCUT2D eigenvalue weighted by atomic mass is 10.1. The number of thiocarbonyl (C=S) groups is 1. The monoisotopic (exact) mass is 484 g/mol. The standard InChI is InChI=1S/C24H32N6O3S/c1-4-25-24(34)30(18-6-7-18)16-23(31)29-13-11-28(12-14-29)22-10-8-19(26-27-22)17-5-9-20(32-2)21(15-17)33-3/h5,8-10,15,18H,4,6-7,11-14,16H2,1-3H3,(H,25,34). The Morgan fingerprint density at radius 3 is 2.41 bits per heavy atom. The molecule has 1 N–H and O–H groups in total. The van der Waals surface area contributed by atoms with Crippen molar-refractivity contribution >= 4 is 29.1 Å². The van der Waals surface area contributed by atoms with Crippen molar-refractivity contribution in [3.63, 3.8) is 0 Å². The molecule has 1 aliphatic heterocycles. The summed E-state index contributed by atoms with van der Waals surface area (Å²) in [5, 5.41) is 12.7. The summed E-state index contributed by atoms with van der Waals surface area (Å²) in [7, 11) is 3.22. The van der Waals surface area contributed by atoms with Crippen LogP contribution < -0.4 is 19.7 Å². The molecule has 1 saturated heterocycles. The molecule has 1 saturated carbocycles. The minimum Gasteiger partial charge on any atom is -0.493 e. The van der Waals surface area contributed by atoms with Crippen molar-refractivity contribution in [1.29, 1.82) is 0 Å². The maximum Gasteiger partial charge on any atom is 0.242 e.